The van der Waals surface area contributed by atoms with Gasteiger partial charge in [-0.3, -0.25) is 4.79 Å². The normalized spacial score (nSPS) is 15.5. The average Bonchev–Trinajstić information content (AvgIpc) is 3.24. The van der Waals surface area contributed by atoms with E-state index in [1.165, 1.54) is 6.07 Å². The summed E-state index contributed by atoms with van der Waals surface area (Å²) >= 11 is 0. The molecule has 0 radical (unpaired) electrons. The second-order valence-corrected chi connectivity index (χ2v) is 5.32. The first-order chi connectivity index (χ1) is 9.97. The third-order valence-corrected chi connectivity index (χ3v) is 3.53. The van der Waals surface area contributed by atoms with E-state index in [-0.39, 0.29) is 18.2 Å². The lowest BCUT2D eigenvalue weighted by molar-refractivity contribution is -0.142. The molecule has 0 heterocycles. The average molecular weight is 297 g/mol. The molecule has 1 aliphatic rings. The van der Waals surface area contributed by atoms with Gasteiger partial charge in [0.2, 0.25) is 5.91 Å². The van der Waals surface area contributed by atoms with Gasteiger partial charge in [0.1, 0.15) is 6.04 Å². The Morgan fingerprint density at radius 2 is 2.00 bits per heavy atom. The van der Waals surface area contributed by atoms with Crippen molar-refractivity contribution in [1.29, 1.82) is 0 Å². The summed E-state index contributed by atoms with van der Waals surface area (Å²) in [5, 5.41) is 11.5. The van der Waals surface area contributed by atoms with E-state index >= 15 is 0 Å². The number of hydrogen-bond acceptors (Lipinski definition) is 2. The summed E-state index contributed by atoms with van der Waals surface area (Å²) in [6.45, 7) is 0. The Bertz CT molecular complexity index is 544. The fraction of sp³-hybridized carbons (Fsp3) is 0.467. The van der Waals surface area contributed by atoms with Crippen LogP contribution in [-0.4, -0.2) is 23.0 Å². The van der Waals surface area contributed by atoms with Gasteiger partial charge < -0.3 is 10.4 Å². The fourth-order valence-electron chi connectivity index (χ4n) is 2.20. The van der Waals surface area contributed by atoms with Gasteiger partial charge in [-0.2, -0.15) is 0 Å². The van der Waals surface area contributed by atoms with Crippen LogP contribution in [-0.2, 0) is 16.0 Å². The van der Waals surface area contributed by atoms with Crippen molar-refractivity contribution in [3.05, 3.63) is 35.4 Å². The number of carbonyl (C=O) groups is 2. The molecule has 1 amide bonds. The number of nitrogens with one attached hydrogen (secondary N) is 1. The van der Waals surface area contributed by atoms with E-state index in [1.54, 1.807) is 0 Å². The third-order valence-electron chi connectivity index (χ3n) is 3.53. The van der Waals surface area contributed by atoms with Gasteiger partial charge in [0.15, 0.2) is 11.6 Å². The Morgan fingerprint density at radius 1 is 1.29 bits per heavy atom. The molecule has 1 unspecified atom stereocenters. The van der Waals surface area contributed by atoms with Gasteiger partial charge in [0.25, 0.3) is 0 Å². The largest absolute Gasteiger partial charge is 0.480 e. The van der Waals surface area contributed by atoms with E-state index in [1.807, 2.05) is 0 Å². The lowest BCUT2D eigenvalue weighted by Crippen LogP contribution is -2.42. The van der Waals surface area contributed by atoms with E-state index in [2.05, 4.69) is 5.32 Å². The van der Waals surface area contributed by atoms with Crippen LogP contribution in [0.3, 0.4) is 0 Å². The molecule has 0 spiro atoms. The Labute approximate surface area is 121 Å². The molecule has 114 valence electrons. The summed E-state index contributed by atoms with van der Waals surface area (Å²) in [5.74, 6) is -3.09. The van der Waals surface area contributed by atoms with E-state index < -0.39 is 23.6 Å². The van der Waals surface area contributed by atoms with Crippen molar-refractivity contribution >= 4 is 11.9 Å². The van der Waals surface area contributed by atoms with Gasteiger partial charge in [-0.25, -0.2) is 13.6 Å². The molecule has 1 saturated carbocycles. The summed E-state index contributed by atoms with van der Waals surface area (Å²) < 4.78 is 25.8. The maximum atomic E-state index is 13.0. The highest BCUT2D eigenvalue weighted by Gasteiger charge is 2.37. The molecule has 4 nitrogen and oxygen atoms in total. The molecule has 21 heavy (non-hydrogen) atoms. The number of aliphatic carboxylic acids is 1. The molecule has 2 rings (SSSR count). The van der Waals surface area contributed by atoms with Crippen LogP contribution < -0.4 is 5.32 Å². The van der Waals surface area contributed by atoms with Crippen molar-refractivity contribution in [3.8, 4) is 0 Å². The summed E-state index contributed by atoms with van der Waals surface area (Å²) in [6, 6.07) is 2.83. The molecule has 0 bridgehead atoms. The number of halogens is 2. The van der Waals surface area contributed by atoms with Gasteiger partial charge in [-0.05, 0) is 49.3 Å². The zero-order valence-corrected chi connectivity index (χ0v) is 11.4. The smallest absolute Gasteiger partial charge is 0.326 e. The SMILES string of the molecule is O=C(CCCc1ccc(F)c(F)c1)NC(C(=O)O)C1CC1. The van der Waals surface area contributed by atoms with Crippen LogP contribution in [0.15, 0.2) is 18.2 Å². The molecule has 6 heteroatoms. The molecule has 1 fully saturated rings. The zero-order chi connectivity index (χ0) is 15.4. The molecular formula is C15H17F2NO3. The predicted octanol–water partition coefficient (Wildman–Crippen LogP) is 2.27. The number of amides is 1. The number of carboxylic acids is 1. The fourth-order valence-corrected chi connectivity index (χ4v) is 2.20. The molecule has 2 N–H and O–H groups in total. The molecule has 1 aliphatic carbocycles. The van der Waals surface area contributed by atoms with Crippen molar-refractivity contribution in [1.82, 2.24) is 5.32 Å². The monoisotopic (exact) mass is 297 g/mol. The highest BCUT2D eigenvalue weighted by atomic mass is 19.2. The minimum atomic E-state index is -1.01. The van der Waals surface area contributed by atoms with Crippen molar-refractivity contribution in [3.63, 3.8) is 0 Å². The Hall–Kier alpha value is -1.98. The lowest BCUT2D eigenvalue weighted by atomic mass is 10.1. The minimum absolute atomic E-state index is 0.0395. The van der Waals surface area contributed by atoms with Gasteiger partial charge in [-0.15, -0.1) is 0 Å². The first-order valence-electron chi connectivity index (χ1n) is 6.93. The number of benzene rings is 1. The molecular weight excluding hydrogens is 280 g/mol. The summed E-state index contributed by atoms with van der Waals surface area (Å²) in [6.07, 6.45) is 2.70. The number of carboxylic acid groups (broad SMARTS) is 1. The predicted molar refractivity (Wildman–Crippen MR) is 71.6 cm³/mol. The van der Waals surface area contributed by atoms with Crippen molar-refractivity contribution in [2.75, 3.05) is 0 Å². The number of carbonyl (C=O) groups excluding carboxylic acids is 1. The first-order valence-corrected chi connectivity index (χ1v) is 6.93. The van der Waals surface area contributed by atoms with Crippen molar-refractivity contribution in [2.45, 2.75) is 38.1 Å². The van der Waals surface area contributed by atoms with Crippen molar-refractivity contribution in [2.24, 2.45) is 5.92 Å². The highest BCUT2D eigenvalue weighted by molar-refractivity contribution is 5.84. The van der Waals surface area contributed by atoms with E-state index in [4.69, 9.17) is 5.11 Å². The zero-order valence-electron chi connectivity index (χ0n) is 11.4. The standard InChI is InChI=1S/C15H17F2NO3/c16-11-7-4-9(8-12(11)17)2-1-3-13(19)18-14(15(20)21)10-5-6-10/h4,7-8,10,14H,1-3,5-6H2,(H,18,19)(H,20,21). The third kappa shape index (κ3) is 4.51. The molecule has 0 saturated heterocycles. The second kappa shape index (κ2) is 6.65. The Balaban J connectivity index is 1.76. The molecule has 0 aromatic heterocycles. The topological polar surface area (TPSA) is 66.4 Å². The van der Waals surface area contributed by atoms with Gasteiger partial charge in [-0.1, -0.05) is 6.07 Å². The van der Waals surface area contributed by atoms with Gasteiger partial charge in [0.05, 0.1) is 0 Å². The van der Waals surface area contributed by atoms with E-state index in [0.717, 1.165) is 25.0 Å². The number of hydrogen-bond donors (Lipinski definition) is 2. The first kappa shape index (κ1) is 15.4. The van der Waals surface area contributed by atoms with Gasteiger partial charge in [0, 0.05) is 6.42 Å². The van der Waals surface area contributed by atoms with Crippen LogP contribution in [0.4, 0.5) is 8.78 Å². The summed E-state index contributed by atoms with van der Waals surface area (Å²) in [5.41, 5.74) is 0.610. The number of aryl methyl sites for hydroxylation is 1. The summed E-state index contributed by atoms with van der Waals surface area (Å²) in [4.78, 5) is 22.7. The minimum Gasteiger partial charge on any atom is -0.480 e. The van der Waals surface area contributed by atoms with E-state index in [0.29, 0.717) is 18.4 Å². The highest BCUT2D eigenvalue weighted by Crippen LogP contribution is 2.32. The second-order valence-electron chi connectivity index (χ2n) is 5.32. The molecule has 1 atom stereocenters. The Morgan fingerprint density at radius 3 is 2.57 bits per heavy atom. The van der Waals surface area contributed by atoms with Crippen molar-refractivity contribution < 1.29 is 23.5 Å². The maximum absolute atomic E-state index is 13.0. The maximum Gasteiger partial charge on any atom is 0.326 e. The van der Waals surface area contributed by atoms with E-state index in [9.17, 15) is 18.4 Å². The molecule has 0 aliphatic heterocycles. The lowest BCUT2D eigenvalue weighted by Gasteiger charge is -2.13. The van der Waals surface area contributed by atoms with Crippen LogP contribution in [0.1, 0.15) is 31.2 Å². The van der Waals surface area contributed by atoms with Crippen LogP contribution in [0.2, 0.25) is 0 Å². The molecule has 1 aromatic rings. The van der Waals surface area contributed by atoms with Crippen LogP contribution in [0.25, 0.3) is 0 Å². The Kier molecular flexibility index (Phi) is 4.88. The van der Waals surface area contributed by atoms with Gasteiger partial charge >= 0.3 is 5.97 Å². The summed E-state index contributed by atoms with van der Waals surface area (Å²) in [7, 11) is 0. The van der Waals surface area contributed by atoms with Crippen LogP contribution >= 0.6 is 0 Å². The number of rotatable bonds is 7. The molecule has 1 aromatic carbocycles. The quantitative estimate of drug-likeness (QED) is 0.811. The van der Waals surface area contributed by atoms with Crippen LogP contribution in [0.5, 0.6) is 0 Å². The van der Waals surface area contributed by atoms with Crippen LogP contribution in [0, 0.1) is 17.6 Å².